The summed E-state index contributed by atoms with van der Waals surface area (Å²) in [4.78, 5) is 47.8. The minimum Gasteiger partial charge on any atom is -0.308 e. The fourth-order valence-electron chi connectivity index (χ4n) is 6.13. The average Bonchev–Trinajstić information content (AvgIpc) is 3.54. The first-order chi connectivity index (χ1) is 21.4. The summed E-state index contributed by atoms with van der Waals surface area (Å²) in [6.07, 6.45) is 3.97. The molecule has 1 aliphatic carbocycles. The van der Waals surface area contributed by atoms with E-state index in [0.717, 1.165) is 54.5 Å². The van der Waals surface area contributed by atoms with Gasteiger partial charge in [-0.15, -0.1) is 5.10 Å². The number of Topliss-reactive ketones (excluding diaryl/α,β-unsaturated/α-hetero) is 1. The van der Waals surface area contributed by atoms with Crippen LogP contribution in [0.1, 0.15) is 59.2 Å². The molecule has 6 rings (SSSR count). The Morgan fingerprint density at radius 2 is 1.73 bits per heavy atom. The number of hydrogen-bond acceptors (Lipinski definition) is 7. The fourth-order valence-corrected chi connectivity index (χ4v) is 6.13. The number of rotatable bonds is 7. The Labute approximate surface area is 255 Å². The second kappa shape index (κ2) is 12.6. The molecule has 1 unspecified atom stereocenters. The SMILES string of the molecule is Cc1ccccc1C(=O)CN1C(=O)C(NC(=O)Nc2cccc(-c3nnn[nH]3)c2)N=C(C2CCCCC2)c2cccc(C)c21. The number of urea groups is 1. The molecular formula is C33H34N8O3. The number of aliphatic imine (C=N–C) groups is 1. The van der Waals surface area contributed by atoms with E-state index in [2.05, 4.69) is 31.3 Å². The van der Waals surface area contributed by atoms with Crippen LogP contribution in [0.2, 0.25) is 0 Å². The van der Waals surface area contributed by atoms with Crippen molar-refractivity contribution < 1.29 is 14.4 Å². The quantitative estimate of drug-likeness (QED) is 0.251. The molecule has 1 aromatic heterocycles. The van der Waals surface area contributed by atoms with E-state index in [1.54, 1.807) is 24.3 Å². The number of benzene rings is 3. The van der Waals surface area contributed by atoms with E-state index in [1.807, 2.05) is 56.3 Å². The largest absolute Gasteiger partial charge is 0.321 e. The molecule has 3 N–H and O–H groups in total. The molecule has 1 aliphatic heterocycles. The van der Waals surface area contributed by atoms with Crippen LogP contribution >= 0.6 is 0 Å². The number of carbonyl (C=O) groups excluding carboxylic acids is 3. The molecule has 0 bridgehead atoms. The van der Waals surface area contributed by atoms with E-state index < -0.39 is 18.1 Å². The zero-order chi connectivity index (χ0) is 30.6. The summed E-state index contributed by atoms with van der Waals surface area (Å²) in [7, 11) is 0. The van der Waals surface area contributed by atoms with Crippen LogP contribution in [0.5, 0.6) is 0 Å². The predicted octanol–water partition coefficient (Wildman–Crippen LogP) is 5.23. The van der Waals surface area contributed by atoms with Gasteiger partial charge in [-0.05, 0) is 60.4 Å². The highest BCUT2D eigenvalue weighted by Gasteiger charge is 2.37. The van der Waals surface area contributed by atoms with E-state index in [-0.39, 0.29) is 18.2 Å². The number of ketones is 1. The number of nitrogens with one attached hydrogen (secondary N) is 3. The maximum absolute atomic E-state index is 14.3. The van der Waals surface area contributed by atoms with E-state index in [9.17, 15) is 14.4 Å². The number of anilines is 2. The number of H-pyrrole nitrogens is 1. The minimum absolute atomic E-state index is 0.142. The molecule has 1 saturated carbocycles. The molecule has 3 aromatic carbocycles. The fraction of sp³-hybridized carbons (Fsp3) is 0.303. The lowest BCUT2D eigenvalue weighted by Gasteiger charge is -2.27. The number of carbonyl (C=O) groups is 3. The van der Waals surface area contributed by atoms with Gasteiger partial charge in [0.1, 0.15) is 0 Å². The molecule has 0 saturated heterocycles. The number of para-hydroxylation sites is 1. The molecule has 1 fully saturated rings. The van der Waals surface area contributed by atoms with Crippen molar-refractivity contribution in [1.29, 1.82) is 0 Å². The monoisotopic (exact) mass is 590 g/mol. The van der Waals surface area contributed by atoms with Crippen LogP contribution in [0.3, 0.4) is 0 Å². The Morgan fingerprint density at radius 3 is 2.50 bits per heavy atom. The average molecular weight is 591 g/mol. The third-order valence-electron chi connectivity index (χ3n) is 8.30. The van der Waals surface area contributed by atoms with Gasteiger partial charge in [0, 0.05) is 28.3 Å². The van der Waals surface area contributed by atoms with Gasteiger partial charge in [-0.2, -0.15) is 0 Å². The second-order valence-corrected chi connectivity index (χ2v) is 11.3. The lowest BCUT2D eigenvalue weighted by molar-refractivity contribution is -0.120. The summed E-state index contributed by atoms with van der Waals surface area (Å²) in [6.45, 7) is 3.64. The zero-order valence-electron chi connectivity index (χ0n) is 24.7. The van der Waals surface area contributed by atoms with Gasteiger partial charge >= 0.3 is 6.03 Å². The van der Waals surface area contributed by atoms with Crippen LogP contribution < -0.4 is 15.5 Å². The van der Waals surface area contributed by atoms with Gasteiger partial charge in [0.05, 0.1) is 17.9 Å². The summed E-state index contributed by atoms with van der Waals surface area (Å²) in [5.74, 6) is -0.0564. The molecule has 0 radical (unpaired) electrons. The van der Waals surface area contributed by atoms with Crippen LogP contribution in [-0.4, -0.2) is 56.8 Å². The van der Waals surface area contributed by atoms with Crippen molar-refractivity contribution >= 4 is 34.8 Å². The van der Waals surface area contributed by atoms with Crippen LogP contribution in [0.4, 0.5) is 16.2 Å². The summed E-state index contributed by atoms with van der Waals surface area (Å²) in [5.41, 5.74) is 5.72. The highest BCUT2D eigenvalue weighted by Crippen LogP contribution is 2.36. The highest BCUT2D eigenvalue weighted by atomic mass is 16.2. The van der Waals surface area contributed by atoms with Gasteiger partial charge in [-0.3, -0.25) is 14.6 Å². The standard InChI is InChI=1S/C33H34N8O3/c1-20-10-6-7-16-25(20)27(42)19-41-29-21(2)11-8-17-26(29)28(22-12-4-3-5-13-22)35-31(32(41)43)36-33(44)34-24-15-9-14-23(18-24)30-37-39-40-38-30/h6-11,14-18,22,31H,3-5,12-13,19H2,1-2H3,(H2,34,36,44)(H,37,38,39,40). The third-order valence-corrected chi connectivity index (χ3v) is 8.30. The number of nitrogens with zero attached hydrogens (tertiary/aromatic N) is 5. The van der Waals surface area contributed by atoms with E-state index >= 15 is 0 Å². The van der Waals surface area contributed by atoms with E-state index in [1.165, 1.54) is 4.90 Å². The number of aromatic amines is 1. The lowest BCUT2D eigenvalue weighted by Crippen LogP contribution is -2.50. The number of aromatic nitrogens is 4. The van der Waals surface area contributed by atoms with Crippen molar-refractivity contribution in [3.05, 3.63) is 89.0 Å². The van der Waals surface area contributed by atoms with Crippen LogP contribution in [0.25, 0.3) is 11.4 Å². The number of hydrogen-bond donors (Lipinski definition) is 3. The normalized spacial score (nSPS) is 17.0. The van der Waals surface area contributed by atoms with Crippen molar-refractivity contribution in [2.45, 2.75) is 52.1 Å². The van der Waals surface area contributed by atoms with Crippen molar-refractivity contribution in [3.63, 3.8) is 0 Å². The maximum atomic E-state index is 14.3. The van der Waals surface area contributed by atoms with Crippen molar-refractivity contribution in [1.82, 2.24) is 25.9 Å². The second-order valence-electron chi connectivity index (χ2n) is 11.3. The summed E-state index contributed by atoms with van der Waals surface area (Å²) >= 11 is 0. The van der Waals surface area contributed by atoms with E-state index in [0.29, 0.717) is 28.3 Å². The molecule has 0 spiro atoms. The zero-order valence-corrected chi connectivity index (χ0v) is 24.7. The molecule has 2 aliphatic rings. The Hall–Kier alpha value is -5.19. The first-order valence-electron chi connectivity index (χ1n) is 14.9. The predicted molar refractivity (Wildman–Crippen MR) is 168 cm³/mol. The molecule has 2 heterocycles. The Kier molecular flexibility index (Phi) is 8.27. The van der Waals surface area contributed by atoms with Crippen LogP contribution in [0.15, 0.2) is 71.7 Å². The third kappa shape index (κ3) is 5.98. The van der Waals surface area contributed by atoms with Gasteiger partial charge in [0.2, 0.25) is 6.17 Å². The number of amides is 3. The van der Waals surface area contributed by atoms with Crippen LogP contribution in [-0.2, 0) is 4.79 Å². The van der Waals surface area contributed by atoms with Gasteiger partial charge < -0.3 is 15.5 Å². The molecule has 11 heteroatoms. The van der Waals surface area contributed by atoms with Gasteiger partial charge in [-0.25, -0.2) is 9.89 Å². The molecule has 224 valence electrons. The van der Waals surface area contributed by atoms with Crippen molar-refractivity contribution in [2.75, 3.05) is 16.8 Å². The number of benzodiazepines with no additional fused rings is 1. The molecular weight excluding hydrogens is 556 g/mol. The minimum atomic E-state index is -1.23. The number of fused-ring (bicyclic) bond motifs is 1. The summed E-state index contributed by atoms with van der Waals surface area (Å²) in [5, 5.41) is 19.4. The first kappa shape index (κ1) is 28.9. The van der Waals surface area contributed by atoms with Crippen LogP contribution in [0, 0.1) is 19.8 Å². The molecule has 4 aromatic rings. The van der Waals surface area contributed by atoms with Crippen molar-refractivity contribution in [3.8, 4) is 11.4 Å². The molecule has 44 heavy (non-hydrogen) atoms. The first-order valence-corrected chi connectivity index (χ1v) is 14.9. The summed E-state index contributed by atoms with van der Waals surface area (Å²) < 4.78 is 0. The molecule has 1 atom stereocenters. The van der Waals surface area contributed by atoms with Gasteiger partial charge in [0.15, 0.2) is 11.6 Å². The Bertz CT molecular complexity index is 1730. The summed E-state index contributed by atoms with van der Waals surface area (Å²) in [6, 6.07) is 19.6. The van der Waals surface area contributed by atoms with Gasteiger partial charge in [0.25, 0.3) is 5.91 Å². The molecule has 3 amide bonds. The highest BCUT2D eigenvalue weighted by molar-refractivity contribution is 6.17. The Balaban J connectivity index is 1.35. The van der Waals surface area contributed by atoms with Crippen molar-refractivity contribution in [2.24, 2.45) is 10.9 Å². The lowest BCUT2D eigenvalue weighted by atomic mass is 9.82. The smallest absolute Gasteiger partial charge is 0.308 e. The Morgan fingerprint density at radius 1 is 0.955 bits per heavy atom. The maximum Gasteiger partial charge on any atom is 0.321 e. The van der Waals surface area contributed by atoms with E-state index in [4.69, 9.17) is 4.99 Å². The van der Waals surface area contributed by atoms with Gasteiger partial charge in [-0.1, -0.05) is 73.9 Å². The number of aryl methyl sites for hydroxylation is 2. The topological polar surface area (TPSA) is 145 Å². The molecule has 11 nitrogen and oxygen atoms in total. The number of tetrazole rings is 1.